The minimum Gasteiger partial charge on any atom is -0.456 e. The van der Waals surface area contributed by atoms with Crippen molar-refractivity contribution < 1.29 is 4.42 Å². The fraction of sp³-hybridized carbons (Fsp3) is 0.439. The molecule has 0 amide bonds. The maximum absolute atomic E-state index is 14.7. The average Bonchev–Trinajstić information content (AvgIpc) is 3.44. The maximum Gasteiger partial charge on any atom is 0.201 e. The molecule has 4 saturated carbocycles. The summed E-state index contributed by atoms with van der Waals surface area (Å²) in [4.78, 5) is 25.4. The summed E-state index contributed by atoms with van der Waals surface area (Å²) in [6, 6.07) is 10.1. The first kappa shape index (κ1) is 24.2. The molecule has 0 radical (unpaired) electrons. The van der Waals surface area contributed by atoms with Gasteiger partial charge >= 0.3 is 0 Å². The van der Waals surface area contributed by atoms with Gasteiger partial charge in [0.15, 0.2) is 0 Å². The molecule has 15 rings (SSSR count). The zero-order valence-electron chi connectivity index (χ0n) is 25.9. The maximum atomic E-state index is 14.7. The molecule has 8 aliphatic rings. The average molecular weight is 602 g/mol. The first-order valence-corrected chi connectivity index (χ1v) is 18.0. The van der Waals surface area contributed by atoms with Crippen molar-refractivity contribution in [3.8, 4) is 0 Å². The fourth-order valence-corrected chi connectivity index (χ4v) is 13.0. The number of hydrogen-bond acceptors (Lipinski definition) is 4. The molecular formula is C41H35N3O2. The summed E-state index contributed by atoms with van der Waals surface area (Å²) in [5.74, 6) is 5.48. The second-order valence-corrected chi connectivity index (χ2v) is 16.5. The van der Waals surface area contributed by atoms with E-state index in [-0.39, 0.29) is 5.43 Å². The lowest BCUT2D eigenvalue weighted by Gasteiger charge is -2.38. The van der Waals surface area contributed by atoms with Crippen LogP contribution in [0.25, 0.3) is 60.0 Å². The summed E-state index contributed by atoms with van der Waals surface area (Å²) in [6.45, 7) is 0. The molecule has 5 nitrogen and oxygen atoms in total. The lowest BCUT2D eigenvalue weighted by Crippen LogP contribution is -2.25. The monoisotopic (exact) mass is 601 g/mol. The first-order chi connectivity index (χ1) is 22.7. The van der Waals surface area contributed by atoms with Gasteiger partial charge in [0.2, 0.25) is 5.43 Å². The number of pyridine rings is 2. The van der Waals surface area contributed by atoms with Crippen molar-refractivity contribution in [2.75, 3.05) is 0 Å². The number of para-hydroxylation sites is 1. The summed E-state index contributed by atoms with van der Waals surface area (Å²) in [6.07, 6.45) is 17.4. The van der Waals surface area contributed by atoms with E-state index in [0.717, 1.165) is 45.5 Å². The van der Waals surface area contributed by atoms with Crippen LogP contribution in [0.3, 0.4) is 0 Å². The lowest BCUT2D eigenvalue weighted by molar-refractivity contribution is 0.165. The number of hydrogen-bond donors (Lipinski definition) is 0. The largest absolute Gasteiger partial charge is 0.456 e. The van der Waals surface area contributed by atoms with Crippen LogP contribution in [0, 0.1) is 23.7 Å². The molecule has 8 bridgehead atoms. The smallest absolute Gasteiger partial charge is 0.201 e. The van der Waals surface area contributed by atoms with E-state index in [4.69, 9.17) is 14.4 Å². The zero-order valence-corrected chi connectivity index (χ0v) is 25.9. The van der Waals surface area contributed by atoms with Crippen LogP contribution in [-0.2, 0) is 0 Å². The van der Waals surface area contributed by atoms with Gasteiger partial charge < -0.3 is 8.82 Å². The van der Waals surface area contributed by atoms with Crippen LogP contribution < -0.4 is 5.43 Å². The van der Waals surface area contributed by atoms with Crippen molar-refractivity contribution >= 4 is 60.0 Å². The van der Waals surface area contributed by atoms with Gasteiger partial charge in [-0.05, 0) is 129 Å². The highest BCUT2D eigenvalue weighted by Crippen LogP contribution is 2.60. The van der Waals surface area contributed by atoms with E-state index in [9.17, 15) is 4.79 Å². The van der Waals surface area contributed by atoms with Gasteiger partial charge in [-0.25, -0.2) is 0 Å². The van der Waals surface area contributed by atoms with Crippen molar-refractivity contribution in [2.24, 2.45) is 23.7 Å². The third-order valence-electron chi connectivity index (χ3n) is 14.2. The summed E-state index contributed by atoms with van der Waals surface area (Å²) >= 11 is 0. The van der Waals surface area contributed by atoms with Gasteiger partial charge in [-0.1, -0.05) is 12.1 Å². The normalized spacial score (nSPS) is 32.4. The quantitative estimate of drug-likeness (QED) is 0.162. The van der Waals surface area contributed by atoms with Crippen LogP contribution in [0.5, 0.6) is 0 Å². The third kappa shape index (κ3) is 2.74. The molecule has 5 aromatic heterocycles. The summed E-state index contributed by atoms with van der Waals surface area (Å²) < 4.78 is 9.23. The predicted molar refractivity (Wildman–Crippen MR) is 181 cm³/mol. The predicted octanol–water partition coefficient (Wildman–Crippen LogP) is 9.67. The van der Waals surface area contributed by atoms with Crippen molar-refractivity contribution in [1.82, 2.24) is 14.4 Å². The zero-order chi connectivity index (χ0) is 29.6. The van der Waals surface area contributed by atoms with Gasteiger partial charge in [0.05, 0.1) is 39.7 Å². The van der Waals surface area contributed by atoms with Crippen LogP contribution in [0.4, 0.5) is 0 Å². The van der Waals surface area contributed by atoms with E-state index in [1.807, 2.05) is 24.3 Å². The standard InChI is InChI=1S/C41H35N3O2/c45-41-26-3-1-2-4-30(26)46-31-15-27-34-28(16-42-38-24-11-18-5-19(12-24)8-22(7-18)32(34)38)44-29-17-43-39-25-13-20-6-21(14-25)10-23(9-20)33(39)35(29)37(36(31)41)40(27)44/h1-4,15-25H,5-14H2. The van der Waals surface area contributed by atoms with Crippen LogP contribution in [0.2, 0.25) is 0 Å². The second kappa shape index (κ2) is 7.93. The summed E-state index contributed by atoms with van der Waals surface area (Å²) in [7, 11) is 0. The Balaban J connectivity index is 1.27. The van der Waals surface area contributed by atoms with Crippen molar-refractivity contribution in [2.45, 2.75) is 87.9 Å². The van der Waals surface area contributed by atoms with Gasteiger partial charge in [-0.2, -0.15) is 0 Å². The van der Waals surface area contributed by atoms with Crippen molar-refractivity contribution in [3.63, 3.8) is 0 Å². The highest BCUT2D eigenvalue weighted by molar-refractivity contribution is 6.32. The molecule has 46 heavy (non-hydrogen) atoms. The minimum atomic E-state index is 0.0938. The molecule has 8 aliphatic carbocycles. The molecule has 5 heteroatoms. The molecule has 2 aromatic carbocycles. The van der Waals surface area contributed by atoms with Gasteiger partial charge in [-0.15, -0.1) is 0 Å². The summed E-state index contributed by atoms with van der Waals surface area (Å²) in [5, 5.41) is 6.45. The number of fused-ring (bicyclic) bond motifs is 9. The highest BCUT2D eigenvalue weighted by atomic mass is 16.3. The van der Waals surface area contributed by atoms with E-state index in [0.29, 0.717) is 34.6 Å². The molecule has 0 spiro atoms. The molecular weight excluding hydrogens is 566 g/mol. The van der Waals surface area contributed by atoms with E-state index < -0.39 is 0 Å². The van der Waals surface area contributed by atoms with Crippen LogP contribution >= 0.6 is 0 Å². The molecule has 0 saturated heterocycles. The Labute approximate surface area is 265 Å². The Morgan fingerprint density at radius 2 is 1.15 bits per heavy atom. The number of benzene rings is 2. The molecule has 5 heterocycles. The molecule has 7 aromatic rings. The van der Waals surface area contributed by atoms with E-state index in [2.05, 4.69) is 22.9 Å². The third-order valence-corrected chi connectivity index (χ3v) is 14.2. The first-order valence-electron chi connectivity index (χ1n) is 18.0. The molecule has 0 aliphatic heterocycles. The SMILES string of the molecule is O=c1c2ccccc2oc2cc3c4c5c(ncc4n4c6cnc7c(c6c(c12)c34)C1CC2CC(CC7C2)C1)C1CC2CC(C1)CC5C2. The molecule has 4 atom stereocenters. The van der Waals surface area contributed by atoms with Gasteiger partial charge in [0.25, 0.3) is 0 Å². The van der Waals surface area contributed by atoms with Crippen molar-refractivity contribution in [3.05, 3.63) is 75.5 Å². The Kier molecular flexibility index (Phi) is 4.17. The topological polar surface area (TPSA) is 60.4 Å². The summed E-state index contributed by atoms with van der Waals surface area (Å²) in [5.41, 5.74) is 10.7. The van der Waals surface area contributed by atoms with Crippen LogP contribution in [-0.4, -0.2) is 14.4 Å². The Hall–Kier alpha value is -3.99. The molecule has 4 unspecified atom stereocenters. The Morgan fingerprint density at radius 3 is 1.80 bits per heavy atom. The number of aromatic nitrogens is 3. The fourth-order valence-electron chi connectivity index (χ4n) is 13.0. The second-order valence-electron chi connectivity index (χ2n) is 16.5. The van der Waals surface area contributed by atoms with E-state index >= 15 is 0 Å². The van der Waals surface area contributed by atoms with E-state index in [1.165, 1.54) is 114 Å². The molecule has 0 N–H and O–H groups in total. The molecule has 4 fully saturated rings. The van der Waals surface area contributed by atoms with Crippen LogP contribution in [0.15, 0.2) is 51.9 Å². The van der Waals surface area contributed by atoms with Crippen LogP contribution in [0.1, 0.15) is 110 Å². The number of rotatable bonds is 0. The highest BCUT2D eigenvalue weighted by Gasteiger charge is 2.46. The lowest BCUT2D eigenvalue weighted by atomic mass is 9.67. The van der Waals surface area contributed by atoms with Gasteiger partial charge in [-0.3, -0.25) is 14.8 Å². The van der Waals surface area contributed by atoms with E-state index in [1.54, 1.807) is 0 Å². The Bertz CT molecular complexity index is 2570. The Morgan fingerprint density at radius 1 is 0.587 bits per heavy atom. The minimum absolute atomic E-state index is 0.0938. The molecule has 226 valence electrons. The number of nitrogens with zero attached hydrogens (tertiary/aromatic N) is 3. The van der Waals surface area contributed by atoms with Gasteiger partial charge in [0.1, 0.15) is 11.2 Å². The van der Waals surface area contributed by atoms with Gasteiger partial charge in [0, 0.05) is 44.8 Å². The van der Waals surface area contributed by atoms with Crippen molar-refractivity contribution in [1.29, 1.82) is 0 Å².